The highest BCUT2D eigenvalue weighted by Crippen LogP contribution is 2.32. The summed E-state index contributed by atoms with van der Waals surface area (Å²) in [6.07, 6.45) is 1.50. The molecule has 1 unspecified atom stereocenters. The molecule has 1 aromatic rings. The van der Waals surface area contributed by atoms with Gasteiger partial charge in [-0.05, 0) is 30.7 Å². The molecule has 2 N–H and O–H groups in total. The van der Waals surface area contributed by atoms with E-state index in [4.69, 9.17) is 0 Å². The lowest BCUT2D eigenvalue weighted by Gasteiger charge is -2.33. The van der Waals surface area contributed by atoms with E-state index < -0.39 is 11.5 Å². The number of carbonyl (C=O) groups excluding carboxylic acids is 2. The maximum absolute atomic E-state index is 12.2. The van der Waals surface area contributed by atoms with Crippen molar-refractivity contribution in [3.63, 3.8) is 0 Å². The van der Waals surface area contributed by atoms with Crippen LogP contribution in [0.3, 0.4) is 0 Å². The Bertz CT molecular complexity index is 543. The second-order valence-electron chi connectivity index (χ2n) is 5.00. The van der Waals surface area contributed by atoms with Gasteiger partial charge in [0.25, 0.3) is 5.91 Å². The fourth-order valence-corrected chi connectivity index (χ4v) is 3.37. The number of likely N-dealkylation sites (tertiary alicyclic amines) is 1. The van der Waals surface area contributed by atoms with E-state index in [0.29, 0.717) is 30.7 Å². The van der Waals surface area contributed by atoms with Crippen LogP contribution < -0.4 is 5.32 Å². The average molecular weight is 310 g/mol. The van der Waals surface area contributed by atoms with E-state index in [9.17, 15) is 19.5 Å². The van der Waals surface area contributed by atoms with E-state index in [1.807, 2.05) is 0 Å². The summed E-state index contributed by atoms with van der Waals surface area (Å²) < 4.78 is 0. The SMILES string of the molecule is CCC1(C(=O)O)CCCN1C(=O)CNC(=O)c1cccs1. The number of nitrogens with one attached hydrogen (secondary N) is 1. The molecule has 2 rings (SSSR count). The summed E-state index contributed by atoms with van der Waals surface area (Å²) in [6, 6.07) is 3.43. The molecule has 0 aromatic carbocycles. The molecule has 0 bridgehead atoms. The van der Waals surface area contributed by atoms with Crippen molar-refractivity contribution in [2.75, 3.05) is 13.1 Å². The monoisotopic (exact) mass is 310 g/mol. The van der Waals surface area contributed by atoms with Crippen LogP contribution in [0.4, 0.5) is 0 Å². The van der Waals surface area contributed by atoms with Crippen molar-refractivity contribution in [1.82, 2.24) is 10.2 Å². The smallest absolute Gasteiger partial charge is 0.329 e. The van der Waals surface area contributed by atoms with E-state index >= 15 is 0 Å². The molecule has 1 aliphatic rings. The molecule has 21 heavy (non-hydrogen) atoms. The predicted octanol–water partition coefficient (Wildman–Crippen LogP) is 1.33. The van der Waals surface area contributed by atoms with Gasteiger partial charge in [-0.25, -0.2) is 4.79 Å². The number of hydrogen-bond acceptors (Lipinski definition) is 4. The molecule has 1 fully saturated rings. The zero-order chi connectivity index (χ0) is 15.5. The summed E-state index contributed by atoms with van der Waals surface area (Å²) in [5.41, 5.74) is -1.12. The third-order valence-electron chi connectivity index (χ3n) is 3.92. The van der Waals surface area contributed by atoms with Gasteiger partial charge in [-0.1, -0.05) is 13.0 Å². The van der Waals surface area contributed by atoms with E-state index in [2.05, 4.69) is 5.32 Å². The normalized spacial score (nSPS) is 21.3. The minimum atomic E-state index is -1.12. The van der Waals surface area contributed by atoms with Crippen LogP contribution >= 0.6 is 11.3 Å². The highest BCUT2D eigenvalue weighted by molar-refractivity contribution is 7.12. The Morgan fingerprint density at radius 1 is 1.48 bits per heavy atom. The van der Waals surface area contributed by atoms with Gasteiger partial charge in [0.15, 0.2) is 0 Å². The van der Waals surface area contributed by atoms with Gasteiger partial charge in [-0.15, -0.1) is 11.3 Å². The van der Waals surface area contributed by atoms with Crippen molar-refractivity contribution in [3.8, 4) is 0 Å². The van der Waals surface area contributed by atoms with Crippen LogP contribution in [0.1, 0.15) is 35.9 Å². The molecular formula is C14H18N2O4S. The largest absolute Gasteiger partial charge is 0.479 e. The van der Waals surface area contributed by atoms with Crippen molar-refractivity contribution in [2.45, 2.75) is 31.7 Å². The first kappa shape index (κ1) is 15.5. The highest BCUT2D eigenvalue weighted by atomic mass is 32.1. The van der Waals surface area contributed by atoms with Crippen LogP contribution in [0, 0.1) is 0 Å². The zero-order valence-electron chi connectivity index (χ0n) is 11.8. The van der Waals surface area contributed by atoms with Crippen LogP contribution in [0.15, 0.2) is 17.5 Å². The first-order chi connectivity index (χ1) is 10.0. The van der Waals surface area contributed by atoms with Gasteiger partial charge < -0.3 is 15.3 Å². The van der Waals surface area contributed by atoms with E-state index in [1.54, 1.807) is 24.4 Å². The van der Waals surface area contributed by atoms with Gasteiger partial charge >= 0.3 is 5.97 Å². The molecule has 1 saturated heterocycles. The summed E-state index contributed by atoms with van der Waals surface area (Å²) >= 11 is 1.29. The van der Waals surface area contributed by atoms with Crippen molar-refractivity contribution in [2.24, 2.45) is 0 Å². The van der Waals surface area contributed by atoms with Crippen LogP contribution in [-0.2, 0) is 9.59 Å². The second-order valence-corrected chi connectivity index (χ2v) is 5.95. The van der Waals surface area contributed by atoms with Crippen LogP contribution in [0.5, 0.6) is 0 Å². The lowest BCUT2D eigenvalue weighted by atomic mass is 9.93. The minimum Gasteiger partial charge on any atom is -0.479 e. The van der Waals surface area contributed by atoms with E-state index in [-0.39, 0.29) is 18.4 Å². The van der Waals surface area contributed by atoms with E-state index in [0.717, 1.165) is 0 Å². The fourth-order valence-electron chi connectivity index (χ4n) is 2.73. The van der Waals surface area contributed by atoms with Gasteiger partial charge in [0.05, 0.1) is 11.4 Å². The average Bonchev–Trinajstić information content (AvgIpc) is 3.13. The second kappa shape index (κ2) is 6.26. The standard InChI is InChI=1S/C14H18N2O4S/c1-2-14(13(19)20)6-4-7-16(14)11(17)9-15-12(18)10-5-3-8-21-10/h3,5,8H,2,4,6-7,9H2,1H3,(H,15,18)(H,19,20). The quantitative estimate of drug-likeness (QED) is 0.859. The lowest BCUT2D eigenvalue weighted by molar-refractivity contribution is -0.156. The van der Waals surface area contributed by atoms with Crippen molar-refractivity contribution >= 4 is 29.1 Å². The molecule has 1 aromatic heterocycles. The minimum absolute atomic E-state index is 0.175. The van der Waals surface area contributed by atoms with Crippen LogP contribution in [0.25, 0.3) is 0 Å². The number of carbonyl (C=O) groups is 3. The first-order valence-electron chi connectivity index (χ1n) is 6.87. The number of aliphatic carboxylic acids is 1. The van der Waals surface area contributed by atoms with Gasteiger partial charge in [0.2, 0.25) is 5.91 Å². The molecule has 2 heterocycles. The number of nitrogens with zero attached hydrogens (tertiary/aromatic N) is 1. The highest BCUT2D eigenvalue weighted by Gasteiger charge is 2.48. The Hall–Kier alpha value is -1.89. The topological polar surface area (TPSA) is 86.7 Å². The summed E-state index contributed by atoms with van der Waals surface area (Å²) in [6.45, 7) is 2.02. The van der Waals surface area contributed by atoms with E-state index in [1.165, 1.54) is 16.2 Å². The summed E-state index contributed by atoms with van der Waals surface area (Å²) in [5, 5.41) is 13.8. The zero-order valence-corrected chi connectivity index (χ0v) is 12.6. The maximum atomic E-state index is 12.2. The molecule has 7 heteroatoms. The third kappa shape index (κ3) is 2.92. The molecule has 6 nitrogen and oxygen atoms in total. The van der Waals surface area contributed by atoms with Crippen molar-refractivity contribution < 1.29 is 19.5 Å². The molecule has 0 saturated carbocycles. The number of amides is 2. The fraction of sp³-hybridized carbons (Fsp3) is 0.500. The Kier molecular flexibility index (Phi) is 4.62. The van der Waals surface area contributed by atoms with Gasteiger partial charge in [-0.2, -0.15) is 0 Å². The van der Waals surface area contributed by atoms with Crippen molar-refractivity contribution in [1.29, 1.82) is 0 Å². The number of rotatable bonds is 5. The summed E-state index contributed by atoms with van der Waals surface area (Å²) in [7, 11) is 0. The number of carboxylic acid groups (broad SMARTS) is 1. The Balaban J connectivity index is 2.00. The number of hydrogen-bond donors (Lipinski definition) is 2. The van der Waals surface area contributed by atoms with Gasteiger partial charge in [0.1, 0.15) is 5.54 Å². The Morgan fingerprint density at radius 2 is 2.24 bits per heavy atom. The molecular weight excluding hydrogens is 292 g/mol. The maximum Gasteiger partial charge on any atom is 0.329 e. The number of carboxylic acids is 1. The summed E-state index contributed by atoms with van der Waals surface area (Å²) in [5.74, 6) is -1.63. The van der Waals surface area contributed by atoms with Gasteiger partial charge in [-0.3, -0.25) is 9.59 Å². The van der Waals surface area contributed by atoms with Gasteiger partial charge in [0, 0.05) is 6.54 Å². The van der Waals surface area contributed by atoms with Crippen LogP contribution in [-0.4, -0.2) is 46.4 Å². The number of thiophene rings is 1. The molecule has 1 atom stereocenters. The molecule has 0 radical (unpaired) electrons. The molecule has 2 amide bonds. The molecule has 114 valence electrons. The van der Waals surface area contributed by atoms with Crippen LogP contribution in [0.2, 0.25) is 0 Å². The van der Waals surface area contributed by atoms with Crippen molar-refractivity contribution in [3.05, 3.63) is 22.4 Å². The molecule has 1 aliphatic heterocycles. The summed E-state index contributed by atoms with van der Waals surface area (Å²) in [4.78, 5) is 37.5. The molecule has 0 spiro atoms. The Morgan fingerprint density at radius 3 is 2.81 bits per heavy atom. The third-order valence-corrected chi connectivity index (χ3v) is 4.79. The first-order valence-corrected chi connectivity index (χ1v) is 7.75. The molecule has 0 aliphatic carbocycles. The predicted molar refractivity (Wildman–Crippen MR) is 78.3 cm³/mol. The lowest BCUT2D eigenvalue weighted by Crippen LogP contribution is -2.54. The Labute approximate surface area is 126 Å².